The molecule has 2 atom stereocenters. The van der Waals surface area contributed by atoms with Crippen LogP contribution in [0, 0.1) is 0 Å². The lowest BCUT2D eigenvalue weighted by Crippen LogP contribution is -2.50. The third-order valence-electron chi connectivity index (χ3n) is 3.87. The van der Waals surface area contributed by atoms with Crippen molar-refractivity contribution >= 4 is 5.91 Å². The monoisotopic (exact) mass is 316 g/mol. The van der Waals surface area contributed by atoms with Gasteiger partial charge in [-0.3, -0.25) is 9.78 Å². The summed E-state index contributed by atoms with van der Waals surface area (Å²) in [6.07, 6.45) is 4.23. The molecule has 1 aliphatic rings. The molecule has 0 spiro atoms. The van der Waals surface area contributed by atoms with Gasteiger partial charge in [-0.25, -0.2) is 0 Å². The molecular formula is C16H20N4O3. The zero-order valence-corrected chi connectivity index (χ0v) is 13.3. The van der Waals surface area contributed by atoms with Gasteiger partial charge in [0.25, 0.3) is 0 Å². The summed E-state index contributed by atoms with van der Waals surface area (Å²) in [6.45, 7) is 5.19. The molecule has 3 rings (SSSR count). The average molecular weight is 316 g/mol. The molecule has 7 heteroatoms. The number of nitrogens with zero attached hydrogens (tertiary/aromatic N) is 4. The Kier molecular flexibility index (Phi) is 4.66. The molecule has 0 unspecified atom stereocenters. The van der Waals surface area contributed by atoms with E-state index in [1.807, 2.05) is 30.9 Å². The summed E-state index contributed by atoms with van der Waals surface area (Å²) < 4.78 is 10.8. The molecule has 3 heterocycles. The Balaban J connectivity index is 1.58. The average Bonchev–Trinajstić information content (AvgIpc) is 3.05. The summed E-state index contributed by atoms with van der Waals surface area (Å²) >= 11 is 0. The number of carbonyl (C=O) groups excluding carboxylic acids is 1. The van der Waals surface area contributed by atoms with Gasteiger partial charge in [0.05, 0.1) is 18.8 Å². The first-order chi connectivity index (χ1) is 11.1. The van der Waals surface area contributed by atoms with Crippen LogP contribution in [0.25, 0.3) is 11.4 Å². The standard InChI is InChI=1S/C16H20N4O3/c1-11-10-22-12(2)9-20(11)15(21)6-5-14-18-16(19-23-14)13-4-3-7-17-8-13/h3-4,7-8,11-12H,5-6,9-10H2,1-2H3/t11-,12+/m1/s1. The highest BCUT2D eigenvalue weighted by atomic mass is 16.5. The largest absolute Gasteiger partial charge is 0.375 e. The molecule has 0 bridgehead atoms. The van der Waals surface area contributed by atoms with E-state index in [1.165, 1.54) is 0 Å². The van der Waals surface area contributed by atoms with Crippen molar-refractivity contribution < 1.29 is 14.1 Å². The van der Waals surface area contributed by atoms with Crippen LogP contribution >= 0.6 is 0 Å². The number of pyridine rings is 1. The van der Waals surface area contributed by atoms with Crippen LogP contribution in [0.2, 0.25) is 0 Å². The maximum atomic E-state index is 12.4. The van der Waals surface area contributed by atoms with E-state index in [0.717, 1.165) is 5.56 Å². The van der Waals surface area contributed by atoms with Crippen molar-refractivity contribution in [3.63, 3.8) is 0 Å². The molecule has 2 aromatic rings. The van der Waals surface area contributed by atoms with Crippen LogP contribution in [0.3, 0.4) is 0 Å². The van der Waals surface area contributed by atoms with Gasteiger partial charge >= 0.3 is 0 Å². The fourth-order valence-electron chi connectivity index (χ4n) is 2.58. The Morgan fingerprint density at radius 3 is 3.09 bits per heavy atom. The summed E-state index contributed by atoms with van der Waals surface area (Å²) in [6, 6.07) is 3.78. The van der Waals surface area contributed by atoms with Crippen molar-refractivity contribution in [1.29, 1.82) is 0 Å². The van der Waals surface area contributed by atoms with E-state index in [1.54, 1.807) is 12.4 Å². The van der Waals surface area contributed by atoms with E-state index in [2.05, 4.69) is 15.1 Å². The zero-order valence-electron chi connectivity index (χ0n) is 13.3. The lowest BCUT2D eigenvalue weighted by Gasteiger charge is -2.36. The van der Waals surface area contributed by atoms with Crippen LogP contribution in [0.5, 0.6) is 0 Å². The van der Waals surface area contributed by atoms with Crippen molar-refractivity contribution in [1.82, 2.24) is 20.0 Å². The van der Waals surface area contributed by atoms with Crippen molar-refractivity contribution in [3.8, 4) is 11.4 Å². The van der Waals surface area contributed by atoms with Gasteiger partial charge in [-0.1, -0.05) is 5.16 Å². The van der Waals surface area contributed by atoms with Crippen molar-refractivity contribution in [3.05, 3.63) is 30.4 Å². The van der Waals surface area contributed by atoms with Crippen LogP contribution < -0.4 is 0 Å². The first-order valence-corrected chi connectivity index (χ1v) is 7.77. The second kappa shape index (κ2) is 6.87. The summed E-state index contributed by atoms with van der Waals surface area (Å²) in [5.74, 6) is 1.05. The normalized spacial score (nSPS) is 21.4. The molecule has 0 N–H and O–H groups in total. The Morgan fingerprint density at radius 2 is 2.30 bits per heavy atom. The van der Waals surface area contributed by atoms with Gasteiger partial charge in [0.2, 0.25) is 17.6 Å². The van der Waals surface area contributed by atoms with Gasteiger partial charge in [-0.2, -0.15) is 4.98 Å². The van der Waals surface area contributed by atoms with Gasteiger partial charge in [0.1, 0.15) is 0 Å². The molecular weight excluding hydrogens is 296 g/mol. The Bertz CT molecular complexity index is 658. The van der Waals surface area contributed by atoms with Crippen molar-refractivity contribution in [2.24, 2.45) is 0 Å². The Morgan fingerprint density at radius 1 is 1.43 bits per heavy atom. The number of carbonyl (C=O) groups is 1. The van der Waals surface area contributed by atoms with Crippen molar-refractivity contribution in [2.45, 2.75) is 38.8 Å². The molecule has 1 amide bonds. The van der Waals surface area contributed by atoms with Gasteiger partial charge in [-0.15, -0.1) is 0 Å². The molecule has 2 aromatic heterocycles. The number of hydrogen-bond acceptors (Lipinski definition) is 6. The third-order valence-corrected chi connectivity index (χ3v) is 3.87. The molecule has 1 fully saturated rings. The summed E-state index contributed by atoms with van der Waals surface area (Å²) in [4.78, 5) is 22.6. The minimum absolute atomic E-state index is 0.0794. The molecule has 0 saturated carbocycles. The van der Waals surface area contributed by atoms with E-state index in [9.17, 15) is 4.79 Å². The van der Waals surface area contributed by atoms with Crippen LogP contribution in [0.15, 0.2) is 29.0 Å². The zero-order chi connectivity index (χ0) is 16.2. The van der Waals surface area contributed by atoms with Crippen LogP contribution in [-0.2, 0) is 16.0 Å². The van der Waals surface area contributed by atoms with E-state index >= 15 is 0 Å². The Labute approximate surface area is 134 Å². The Hall–Kier alpha value is -2.28. The molecule has 1 saturated heterocycles. The van der Waals surface area contributed by atoms with E-state index in [4.69, 9.17) is 9.26 Å². The van der Waals surface area contributed by atoms with Gasteiger partial charge in [-0.05, 0) is 26.0 Å². The highest BCUT2D eigenvalue weighted by Crippen LogP contribution is 2.16. The van der Waals surface area contributed by atoms with Crippen molar-refractivity contribution in [2.75, 3.05) is 13.2 Å². The number of morpholine rings is 1. The molecule has 7 nitrogen and oxygen atoms in total. The van der Waals surface area contributed by atoms with E-state index in [-0.39, 0.29) is 18.1 Å². The highest BCUT2D eigenvalue weighted by molar-refractivity contribution is 5.76. The third kappa shape index (κ3) is 3.73. The predicted molar refractivity (Wildman–Crippen MR) is 82.4 cm³/mol. The smallest absolute Gasteiger partial charge is 0.227 e. The quantitative estimate of drug-likeness (QED) is 0.854. The SMILES string of the molecule is C[C@@H]1CO[C@@H](C)CN1C(=O)CCc1nc(-c2cccnc2)no1. The maximum Gasteiger partial charge on any atom is 0.227 e. The summed E-state index contributed by atoms with van der Waals surface area (Å²) in [5.41, 5.74) is 0.796. The van der Waals surface area contributed by atoms with Crippen LogP contribution in [0.1, 0.15) is 26.2 Å². The van der Waals surface area contributed by atoms with E-state index < -0.39 is 0 Å². The molecule has 0 aliphatic carbocycles. The number of aryl methyl sites for hydroxylation is 1. The van der Waals surface area contributed by atoms with Crippen LogP contribution in [-0.4, -0.2) is 51.2 Å². The van der Waals surface area contributed by atoms with Crippen LogP contribution in [0.4, 0.5) is 0 Å². The minimum atomic E-state index is 0.0794. The molecule has 1 aliphatic heterocycles. The second-order valence-corrected chi connectivity index (χ2v) is 5.79. The summed E-state index contributed by atoms with van der Waals surface area (Å²) in [5, 5.41) is 3.93. The number of rotatable bonds is 4. The molecule has 23 heavy (non-hydrogen) atoms. The van der Waals surface area contributed by atoms with Gasteiger partial charge in [0.15, 0.2) is 0 Å². The first-order valence-electron chi connectivity index (χ1n) is 7.77. The fourth-order valence-corrected chi connectivity index (χ4v) is 2.58. The molecule has 0 aromatic carbocycles. The van der Waals surface area contributed by atoms with Gasteiger partial charge in [0, 0.05) is 37.3 Å². The molecule has 0 radical (unpaired) electrons. The predicted octanol–water partition coefficient (Wildman–Crippen LogP) is 1.70. The second-order valence-electron chi connectivity index (χ2n) is 5.79. The molecule has 122 valence electrons. The van der Waals surface area contributed by atoms with Gasteiger partial charge < -0.3 is 14.2 Å². The number of amides is 1. The highest BCUT2D eigenvalue weighted by Gasteiger charge is 2.27. The summed E-state index contributed by atoms with van der Waals surface area (Å²) in [7, 11) is 0. The minimum Gasteiger partial charge on any atom is -0.375 e. The topological polar surface area (TPSA) is 81.4 Å². The lowest BCUT2D eigenvalue weighted by molar-refractivity contribution is -0.143. The number of aromatic nitrogens is 3. The van der Waals surface area contributed by atoms with E-state index in [0.29, 0.717) is 37.7 Å². The lowest BCUT2D eigenvalue weighted by atomic mass is 10.1. The number of ether oxygens (including phenoxy) is 1. The fraction of sp³-hybridized carbons (Fsp3) is 0.500. The number of hydrogen-bond donors (Lipinski definition) is 0. The maximum absolute atomic E-state index is 12.4. The first kappa shape index (κ1) is 15.6.